The lowest BCUT2D eigenvalue weighted by atomic mass is 10.2. The Morgan fingerprint density at radius 1 is 1.40 bits per heavy atom. The van der Waals surface area contributed by atoms with Crippen molar-refractivity contribution in [3.05, 3.63) is 35.9 Å². The van der Waals surface area contributed by atoms with Gasteiger partial charge in [-0.15, -0.1) is 0 Å². The molecule has 1 saturated heterocycles. The fourth-order valence-corrected chi connectivity index (χ4v) is 1.91. The smallest absolute Gasteiger partial charge is 0.209 e. The zero-order valence-corrected chi connectivity index (χ0v) is 8.73. The van der Waals surface area contributed by atoms with E-state index in [1.807, 2.05) is 23.1 Å². The van der Waals surface area contributed by atoms with Crippen LogP contribution in [0.25, 0.3) is 0 Å². The van der Waals surface area contributed by atoms with Gasteiger partial charge in [0.1, 0.15) is 0 Å². The molecule has 80 valence electrons. The van der Waals surface area contributed by atoms with E-state index in [1.165, 1.54) is 5.56 Å². The molecular weight excluding hydrogens is 188 g/mol. The molecule has 1 aromatic carbocycles. The number of likely N-dealkylation sites (tertiary alicyclic amines) is 1. The molecule has 1 N–H and O–H groups in total. The maximum atomic E-state index is 10.5. The zero-order valence-electron chi connectivity index (χ0n) is 8.73. The van der Waals surface area contributed by atoms with Crippen molar-refractivity contribution in [2.24, 2.45) is 0 Å². The minimum absolute atomic E-state index is 0.454. The summed E-state index contributed by atoms with van der Waals surface area (Å²) >= 11 is 0. The minimum Gasteiger partial charge on any atom is -0.344 e. The van der Waals surface area contributed by atoms with Gasteiger partial charge in [0.15, 0.2) is 0 Å². The topological polar surface area (TPSA) is 32.3 Å². The van der Waals surface area contributed by atoms with E-state index in [-0.39, 0.29) is 0 Å². The number of carbonyl (C=O) groups is 1. The Morgan fingerprint density at radius 2 is 2.20 bits per heavy atom. The van der Waals surface area contributed by atoms with Crippen LogP contribution in [0.3, 0.4) is 0 Å². The van der Waals surface area contributed by atoms with Gasteiger partial charge in [0.25, 0.3) is 0 Å². The van der Waals surface area contributed by atoms with Gasteiger partial charge in [-0.3, -0.25) is 4.79 Å². The summed E-state index contributed by atoms with van der Waals surface area (Å²) in [4.78, 5) is 12.3. The number of amides is 1. The number of hydrogen-bond donors (Lipinski definition) is 1. The van der Waals surface area contributed by atoms with Crippen LogP contribution in [-0.2, 0) is 11.3 Å². The lowest BCUT2D eigenvalue weighted by Gasteiger charge is -2.12. The van der Waals surface area contributed by atoms with Crippen LogP contribution in [0.2, 0.25) is 0 Å². The molecule has 3 heteroatoms. The van der Waals surface area contributed by atoms with E-state index in [2.05, 4.69) is 17.4 Å². The molecule has 0 spiro atoms. The van der Waals surface area contributed by atoms with Crippen molar-refractivity contribution in [2.75, 3.05) is 13.1 Å². The van der Waals surface area contributed by atoms with E-state index in [0.717, 1.165) is 32.5 Å². The molecule has 0 aromatic heterocycles. The van der Waals surface area contributed by atoms with Gasteiger partial charge in [-0.1, -0.05) is 30.3 Å². The molecule has 15 heavy (non-hydrogen) atoms. The predicted octanol–water partition coefficient (Wildman–Crippen LogP) is 1.01. The van der Waals surface area contributed by atoms with Gasteiger partial charge in [0.05, 0.1) is 0 Å². The highest BCUT2D eigenvalue weighted by Crippen LogP contribution is 2.07. The van der Waals surface area contributed by atoms with Crippen molar-refractivity contribution < 1.29 is 4.79 Å². The second-order valence-electron chi connectivity index (χ2n) is 3.95. The molecule has 1 fully saturated rings. The van der Waals surface area contributed by atoms with Gasteiger partial charge in [-0.05, 0) is 12.0 Å². The summed E-state index contributed by atoms with van der Waals surface area (Å²) in [7, 11) is 0. The Bertz CT molecular complexity index is 313. The second kappa shape index (κ2) is 4.94. The van der Waals surface area contributed by atoms with Crippen LogP contribution in [-0.4, -0.2) is 30.4 Å². The monoisotopic (exact) mass is 204 g/mol. The standard InChI is InChI=1S/C12H16N2O/c15-10-14-7-6-12(9-14)13-8-11-4-2-1-3-5-11/h1-5,10,12-13H,6-9H2. The first-order valence-corrected chi connectivity index (χ1v) is 5.35. The van der Waals surface area contributed by atoms with Crippen LogP contribution >= 0.6 is 0 Å². The molecule has 1 unspecified atom stereocenters. The summed E-state index contributed by atoms with van der Waals surface area (Å²) in [5.74, 6) is 0. The van der Waals surface area contributed by atoms with E-state index in [1.54, 1.807) is 0 Å². The molecule has 0 saturated carbocycles. The van der Waals surface area contributed by atoms with Crippen LogP contribution in [0.5, 0.6) is 0 Å². The molecule has 1 aliphatic rings. The molecule has 1 atom stereocenters. The minimum atomic E-state index is 0.454. The van der Waals surface area contributed by atoms with Crippen LogP contribution in [0.1, 0.15) is 12.0 Å². The summed E-state index contributed by atoms with van der Waals surface area (Å²) in [5, 5.41) is 3.46. The number of rotatable bonds is 4. The van der Waals surface area contributed by atoms with Gasteiger partial charge in [-0.2, -0.15) is 0 Å². The summed E-state index contributed by atoms with van der Waals surface area (Å²) < 4.78 is 0. The van der Waals surface area contributed by atoms with Gasteiger partial charge < -0.3 is 10.2 Å². The van der Waals surface area contributed by atoms with E-state index in [4.69, 9.17) is 0 Å². The Morgan fingerprint density at radius 3 is 2.87 bits per heavy atom. The molecule has 2 rings (SSSR count). The summed E-state index contributed by atoms with van der Waals surface area (Å²) in [5.41, 5.74) is 1.29. The summed E-state index contributed by atoms with van der Waals surface area (Å²) in [6.07, 6.45) is 2.00. The quantitative estimate of drug-likeness (QED) is 0.742. The third-order valence-corrected chi connectivity index (χ3v) is 2.81. The molecule has 1 aromatic rings. The van der Waals surface area contributed by atoms with E-state index < -0.39 is 0 Å². The van der Waals surface area contributed by atoms with Crippen molar-refractivity contribution in [2.45, 2.75) is 19.0 Å². The lowest BCUT2D eigenvalue weighted by Crippen LogP contribution is -2.31. The van der Waals surface area contributed by atoms with Crippen molar-refractivity contribution in [3.8, 4) is 0 Å². The number of nitrogens with one attached hydrogen (secondary N) is 1. The van der Waals surface area contributed by atoms with E-state index in [9.17, 15) is 4.79 Å². The zero-order chi connectivity index (χ0) is 10.5. The third kappa shape index (κ3) is 2.80. The first kappa shape index (κ1) is 10.2. The molecule has 0 aliphatic carbocycles. The average molecular weight is 204 g/mol. The fourth-order valence-electron chi connectivity index (χ4n) is 1.91. The van der Waals surface area contributed by atoms with Crippen molar-refractivity contribution in [3.63, 3.8) is 0 Å². The predicted molar refractivity (Wildman–Crippen MR) is 59.3 cm³/mol. The van der Waals surface area contributed by atoms with Crippen molar-refractivity contribution >= 4 is 6.41 Å². The lowest BCUT2D eigenvalue weighted by molar-refractivity contribution is -0.117. The molecular formula is C12H16N2O. The highest BCUT2D eigenvalue weighted by molar-refractivity contribution is 5.47. The fraction of sp³-hybridized carbons (Fsp3) is 0.417. The summed E-state index contributed by atoms with van der Waals surface area (Å²) in [6, 6.07) is 10.8. The van der Waals surface area contributed by atoms with Crippen LogP contribution < -0.4 is 5.32 Å². The van der Waals surface area contributed by atoms with Gasteiger partial charge in [0.2, 0.25) is 6.41 Å². The Kier molecular flexibility index (Phi) is 3.35. The number of benzene rings is 1. The largest absolute Gasteiger partial charge is 0.344 e. The van der Waals surface area contributed by atoms with Gasteiger partial charge in [0, 0.05) is 25.7 Å². The SMILES string of the molecule is O=CN1CCC(NCc2ccccc2)C1. The maximum absolute atomic E-state index is 10.5. The molecule has 1 heterocycles. The highest BCUT2D eigenvalue weighted by atomic mass is 16.1. The number of carbonyl (C=O) groups excluding carboxylic acids is 1. The molecule has 0 bridgehead atoms. The number of nitrogens with zero attached hydrogens (tertiary/aromatic N) is 1. The maximum Gasteiger partial charge on any atom is 0.209 e. The molecule has 0 radical (unpaired) electrons. The van der Waals surface area contributed by atoms with Gasteiger partial charge in [-0.25, -0.2) is 0 Å². The van der Waals surface area contributed by atoms with E-state index >= 15 is 0 Å². The van der Waals surface area contributed by atoms with E-state index in [0.29, 0.717) is 6.04 Å². The van der Waals surface area contributed by atoms with Crippen LogP contribution in [0.4, 0.5) is 0 Å². The highest BCUT2D eigenvalue weighted by Gasteiger charge is 2.19. The first-order valence-electron chi connectivity index (χ1n) is 5.35. The average Bonchev–Trinajstić information content (AvgIpc) is 2.76. The number of hydrogen-bond acceptors (Lipinski definition) is 2. The Labute approximate surface area is 90.1 Å². The van der Waals surface area contributed by atoms with Gasteiger partial charge >= 0.3 is 0 Å². The molecule has 1 aliphatic heterocycles. The first-order chi connectivity index (χ1) is 7.38. The van der Waals surface area contributed by atoms with Crippen LogP contribution in [0, 0.1) is 0 Å². The Hall–Kier alpha value is -1.35. The third-order valence-electron chi connectivity index (χ3n) is 2.81. The van der Waals surface area contributed by atoms with Crippen molar-refractivity contribution in [1.82, 2.24) is 10.2 Å². The summed E-state index contributed by atoms with van der Waals surface area (Å²) in [6.45, 7) is 2.62. The second-order valence-corrected chi connectivity index (χ2v) is 3.95. The van der Waals surface area contributed by atoms with Crippen molar-refractivity contribution in [1.29, 1.82) is 0 Å². The normalized spacial score (nSPS) is 20.5. The Balaban J connectivity index is 1.77. The van der Waals surface area contributed by atoms with Crippen LogP contribution in [0.15, 0.2) is 30.3 Å². The molecule has 1 amide bonds. The molecule has 3 nitrogen and oxygen atoms in total.